The lowest BCUT2D eigenvalue weighted by atomic mass is 10.2. The van der Waals surface area contributed by atoms with Gasteiger partial charge in [-0.25, -0.2) is 4.98 Å². The van der Waals surface area contributed by atoms with Crippen LogP contribution in [0.4, 0.5) is 5.69 Å². The highest BCUT2D eigenvalue weighted by Crippen LogP contribution is 2.32. The maximum Gasteiger partial charge on any atom is 0.271 e. The van der Waals surface area contributed by atoms with Crippen LogP contribution < -0.4 is 10.2 Å². The molecule has 1 aliphatic heterocycles. The number of hydrogen-bond donors (Lipinski definition) is 1. The fourth-order valence-corrected chi connectivity index (χ4v) is 4.88. The van der Waals surface area contributed by atoms with Crippen molar-refractivity contribution in [3.05, 3.63) is 75.8 Å². The van der Waals surface area contributed by atoms with Crippen LogP contribution >= 0.6 is 72.8 Å². The van der Waals surface area contributed by atoms with E-state index < -0.39 is 0 Å². The van der Waals surface area contributed by atoms with E-state index in [-0.39, 0.29) is 55.5 Å². The number of halogens is 6. The number of carbonyl (C=O) groups excluding carboxylic acids is 1. The summed E-state index contributed by atoms with van der Waals surface area (Å²) in [5.74, 6) is 0.786. The van der Waals surface area contributed by atoms with Crippen molar-refractivity contribution in [2.24, 2.45) is 0 Å². The molecule has 4 rings (SSSR count). The predicted molar refractivity (Wildman–Crippen MR) is 169 cm³/mol. The van der Waals surface area contributed by atoms with Gasteiger partial charge in [0.2, 0.25) is 0 Å². The standard InChI is InChI=1S/C26H31Cl2N5O.4ClH/c1-3-23-30-25(19(2)33(23)20-9-5-4-6-10-20)26(34)29-13-8-14-31-15-17-32(18-16-31)22-12-7-11-21(27)24(22)28;;;;/h4-7,9-12H,3,8,13-18H2,1-2H3,(H,29,34);4*1H. The van der Waals surface area contributed by atoms with Crippen LogP contribution in [0.3, 0.4) is 0 Å². The maximum absolute atomic E-state index is 12.9. The van der Waals surface area contributed by atoms with E-state index in [0.717, 1.165) is 68.5 Å². The quantitative estimate of drug-likeness (QED) is 0.278. The smallest absolute Gasteiger partial charge is 0.271 e. The Morgan fingerprint density at radius 3 is 2.24 bits per heavy atom. The van der Waals surface area contributed by atoms with E-state index in [1.165, 1.54) is 0 Å². The van der Waals surface area contributed by atoms with E-state index in [2.05, 4.69) is 31.6 Å². The fourth-order valence-electron chi connectivity index (χ4n) is 4.47. The summed E-state index contributed by atoms with van der Waals surface area (Å²) in [6, 6.07) is 15.8. The number of nitrogens with one attached hydrogen (secondary N) is 1. The highest BCUT2D eigenvalue weighted by molar-refractivity contribution is 6.43. The number of amides is 1. The Morgan fingerprint density at radius 1 is 0.947 bits per heavy atom. The van der Waals surface area contributed by atoms with Crippen molar-refractivity contribution < 1.29 is 4.79 Å². The molecule has 2 aromatic carbocycles. The Morgan fingerprint density at radius 2 is 1.61 bits per heavy atom. The minimum absolute atomic E-state index is 0. The second kappa shape index (κ2) is 17.3. The van der Waals surface area contributed by atoms with E-state index in [1.807, 2.05) is 55.5 Å². The van der Waals surface area contributed by atoms with Crippen molar-refractivity contribution in [1.82, 2.24) is 19.8 Å². The van der Waals surface area contributed by atoms with Crippen molar-refractivity contribution in [2.45, 2.75) is 26.7 Å². The molecule has 1 fully saturated rings. The Bertz CT molecular complexity index is 1140. The number of imidazole rings is 1. The first-order valence-corrected chi connectivity index (χ1v) is 12.6. The van der Waals surface area contributed by atoms with Gasteiger partial charge in [-0.3, -0.25) is 9.69 Å². The van der Waals surface area contributed by atoms with Gasteiger partial charge in [-0.1, -0.05) is 54.4 Å². The molecular weight excluding hydrogens is 611 g/mol. The van der Waals surface area contributed by atoms with Gasteiger partial charge in [0.25, 0.3) is 5.91 Å². The second-order valence-corrected chi connectivity index (χ2v) is 9.28. The molecule has 1 aromatic heterocycles. The van der Waals surface area contributed by atoms with Crippen molar-refractivity contribution in [3.8, 4) is 5.69 Å². The van der Waals surface area contributed by atoms with Crippen LogP contribution in [0.25, 0.3) is 5.69 Å². The topological polar surface area (TPSA) is 53.4 Å². The summed E-state index contributed by atoms with van der Waals surface area (Å²) in [5.41, 5.74) is 3.41. The van der Waals surface area contributed by atoms with E-state index in [0.29, 0.717) is 22.3 Å². The summed E-state index contributed by atoms with van der Waals surface area (Å²) in [6.07, 6.45) is 1.65. The molecule has 0 unspecified atom stereocenters. The third-order valence-electron chi connectivity index (χ3n) is 6.30. The highest BCUT2D eigenvalue weighted by Gasteiger charge is 2.21. The first kappa shape index (κ1) is 36.6. The number of aromatic nitrogens is 2. The molecule has 1 aliphatic rings. The van der Waals surface area contributed by atoms with E-state index >= 15 is 0 Å². The molecule has 0 radical (unpaired) electrons. The molecule has 0 atom stereocenters. The third kappa shape index (κ3) is 8.56. The predicted octanol–water partition coefficient (Wildman–Crippen LogP) is 6.68. The molecule has 0 bridgehead atoms. The Balaban J connectivity index is 0.00000342. The van der Waals surface area contributed by atoms with Crippen LogP contribution in [-0.4, -0.2) is 59.6 Å². The van der Waals surface area contributed by atoms with Crippen LogP contribution in [0.5, 0.6) is 0 Å². The summed E-state index contributed by atoms with van der Waals surface area (Å²) in [5, 5.41) is 4.27. The van der Waals surface area contributed by atoms with Crippen LogP contribution in [0.2, 0.25) is 10.0 Å². The molecule has 6 nitrogen and oxygen atoms in total. The zero-order valence-corrected chi connectivity index (χ0v) is 26.1. The molecule has 12 heteroatoms. The van der Waals surface area contributed by atoms with Gasteiger partial charge >= 0.3 is 0 Å². The van der Waals surface area contributed by atoms with Gasteiger partial charge in [0.1, 0.15) is 11.5 Å². The average Bonchev–Trinajstić information content (AvgIpc) is 3.20. The number of para-hydroxylation sites is 1. The molecular formula is C26H35Cl6N5O. The minimum Gasteiger partial charge on any atom is -0.368 e. The van der Waals surface area contributed by atoms with Crippen molar-refractivity contribution in [3.63, 3.8) is 0 Å². The molecule has 0 spiro atoms. The van der Waals surface area contributed by atoms with Crippen LogP contribution in [0, 0.1) is 6.92 Å². The monoisotopic (exact) mass is 643 g/mol. The SMILES string of the molecule is CCc1nc(C(=O)NCCCN2CCN(c3cccc(Cl)c3Cl)CC2)c(C)n1-c1ccccc1.Cl.Cl.Cl.Cl. The van der Waals surface area contributed by atoms with Crippen LogP contribution in [-0.2, 0) is 6.42 Å². The molecule has 1 N–H and O–H groups in total. The highest BCUT2D eigenvalue weighted by atomic mass is 35.5. The molecule has 1 amide bonds. The number of piperazine rings is 1. The van der Waals surface area contributed by atoms with Crippen molar-refractivity contribution in [2.75, 3.05) is 44.2 Å². The van der Waals surface area contributed by atoms with Crippen LogP contribution in [0.1, 0.15) is 35.4 Å². The Kier molecular flexibility index (Phi) is 16.7. The van der Waals surface area contributed by atoms with E-state index in [9.17, 15) is 4.79 Å². The molecule has 0 saturated carbocycles. The Hall–Kier alpha value is -1.38. The number of hydrogen-bond acceptors (Lipinski definition) is 4. The lowest BCUT2D eigenvalue weighted by Crippen LogP contribution is -2.47. The Labute approximate surface area is 260 Å². The molecule has 0 aliphatic carbocycles. The first-order chi connectivity index (χ1) is 16.5. The third-order valence-corrected chi connectivity index (χ3v) is 7.11. The molecule has 38 heavy (non-hydrogen) atoms. The molecule has 3 aromatic rings. The number of benzene rings is 2. The number of carbonyl (C=O) groups is 1. The number of rotatable bonds is 8. The van der Waals surface area contributed by atoms with Gasteiger partial charge in [0.15, 0.2) is 0 Å². The minimum atomic E-state index is -0.109. The largest absolute Gasteiger partial charge is 0.368 e. The lowest BCUT2D eigenvalue weighted by Gasteiger charge is -2.36. The average molecular weight is 646 g/mol. The zero-order chi connectivity index (χ0) is 24.1. The van der Waals surface area contributed by atoms with Gasteiger partial charge in [-0.05, 0) is 44.2 Å². The molecule has 1 saturated heterocycles. The fraction of sp³-hybridized carbons (Fsp3) is 0.385. The van der Waals surface area contributed by atoms with Gasteiger partial charge in [0.05, 0.1) is 21.4 Å². The lowest BCUT2D eigenvalue weighted by molar-refractivity contribution is 0.0946. The van der Waals surface area contributed by atoms with Gasteiger partial charge < -0.3 is 14.8 Å². The molecule has 212 valence electrons. The van der Waals surface area contributed by atoms with Crippen molar-refractivity contribution in [1.29, 1.82) is 0 Å². The van der Waals surface area contributed by atoms with E-state index in [4.69, 9.17) is 23.2 Å². The summed E-state index contributed by atoms with van der Waals surface area (Å²) in [6.45, 7) is 9.30. The van der Waals surface area contributed by atoms with Crippen LogP contribution in [0.15, 0.2) is 48.5 Å². The summed E-state index contributed by atoms with van der Waals surface area (Å²) < 4.78 is 2.07. The number of anilines is 1. The summed E-state index contributed by atoms with van der Waals surface area (Å²) in [7, 11) is 0. The van der Waals surface area contributed by atoms with Gasteiger partial charge in [0, 0.05) is 44.8 Å². The second-order valence-electron chi connectivity index (χ2n) is 8.50. The van der Waals surface area contributed by atoms with Gasteiger partial charge in [-0.2, -0.15) is 0 Å². The van der Waals surface area contributed by atoms with Crippen molar-refractivity contribution >= 4 is 84.4 Å². The number of nitrogens with zero attached hydrogens (tertiary/aromatic N) is 4. The normalized spacial score (nSPS) is 12.9. The molecule has 2 heterocycles. The maximum atomic E-state index is 12.9. The van der Waals surface area contributed by atoms with E-state index in [1.54, 1.807) is 0 Å². The number of aryl methyl sites for hydroxylation is 1. The zero-order valence-electron chi connectivity index (χ0n) is 21.4. The van der Waals surface area contributed by atoms with Gasteiger partial charge in [-0.15, -0.1) is 49.6 Å². The first-order valence-electron chi connectivity index (χ1n) is 11.8. The summed E-state index contributed by atoms with van der Waals surface area (Å²) >= 11 is 12.5. The summed E-state index contributed by atoms with van der Waals surface area (Å²) in [4.78, 5) is 22.2.